The topological polar surface area (TPSA) is 27.0 Å². The van der Waals surface area contributed by atoms with E-state index in [0.717, 1.165) is 18.0 Å². The number of rotatable bonds is 5. The van der Waals surface area contributed by atoms with Crippen LogP contribution in [0.5, 0.6) is 0 Å². The van der Waals surface area contributed by atoms with Gasteiger partial charge in [0.25, 0.3) is 0 Å². The lowest BCUT2D eigenvalue weighted by Crippen LogP contribution is -2.34. The van der Waals surface area contributed by atoms with Crippen LogP contribution in [0.2, 0.25) is 0 Å². The van der Waals surface area contributed by atoms with Crippen molar-refractivity contribution in [1.29, 1.82) is 5.26 Å². The lowest BCUT2D eigenvalue weighted by Gasteiger charge is -2.32. The molecule has 1 aromatic rings. The van der Waals surface area contributed by atoms with Gasteiger partial charge in [0.15, 0.2) is 0 Å². The second-order valence-corrected chi connectivity index (χ2v) is 5.97. The summed E-state index contributed by atoms with van der Waals surface area (Å²) in [6.45, 7) is 5.70. The Morgan fingerprint density at radius 3 is 2.37 bits per heavy atom. The number of nitriles is 1. The molecule has 0 radical (unpaired) electrons. The van der Waals surface area contributed by atoms with Crippen molar-refractivity contribution in [3.63, 3.8) is 0 Å². The van der Waals surface area contributed by atoms with Crippen LogP contribution in [-0.2, 0) is 0 Å². The van der Waals surface area contributed by atoms with Gasteiger partial charge in [0.1, 0.15) is 0 Å². The van der Waals surface area contributed by atoms with E-state index in [4.69, 9.17) is 5.26 Å². The largest absolute Gasteiger partial charge is 0.369 e. The Bertz CT molecular complexity index is 422. The molecule has 1 aromatic carbocycles. The summed E-state index contributed by atoms with van der Waals surface area (Å²) in [5.74, 6) is 0.738. The van der Waals surface area contributed by atoms with E-state index in [2.05, 4.69) is 36.9 Å². The van der Waals surface area contributed by atoms with Crippen molar-refractivity contribution in [2.75, 3.05) is 11.4 Å². The zero-order valence-electron chi connectivity index (χ0n) is 12.1. The molecule has 0 N–H and O–H groups in total. The molecule has 2 heteroatoms. The predicted molar refractivity (Wildman–Crippen MR) is 80.2 cm³/mol. The molecule has 0 unspecified atom stereocenters. The van der Waals surface area contributed by atoms with Crippen molar-refractivity contribution in [1.82, 2.24) is 0 Å². The monoisotopic (exact) mass is 256 g/mol. The minimum absolute atomic E-state index is 0.701. The van der Waals surface area contributed by atoms with Gasteiger partial charge in [0.2, 0.25) is 0 Å². The molecule has 19 heavy (non-hydrogen) atoms. The highest BCUT2D eigenvalue weighted by Crippen LogP contribution is 2.29. The molecular formula is C17H24N2. The van der Waals surface area contributed by atoms with E-state index in [-0.39, 0.29) is 0 Å². The number of hydrogen-bond donors (Lipinski definition) is 0. The number of benzene rings is 1. The van der Waals surface area contributed by atoms with Gasteiger partial charge in [-0.1, -0.05) is 26.7 Å². The Morgan fingerprint density at radius 1 is 1.21 bits per heavy atom. The Morgan fingerprint density at radius 2 is 1.84 bits per heavy atom. The lowest BCUT2D eigenvalue weighted by atomic mass is 10.1. The van der Waals surface area contributed by atoms with Crippen LogP contribution in [0.15, 0.2) is 24.3 Å². The maximum absolute atomic E-state index is 8.89. The third-order valence-electron chi connectivity index (χ3n) is 4.04. The smallest absolute Gasteiger partial charge is 0.0991 e. The molecule has 1 aliphatic carbocycles. The van der Waals surface area contributed by atoms with Gasteiger partial charge in [-0.3, -0.25) is 0 Å². The van der Waals surface area contributed by atoms with Crippen LogP contribution < -0.4 is 4.90 Å². The van der Waals surface area contributed by atoms with E-state index in [0.29, 0.717) is 6.04 Å². The molecule has 0 aromatic heterocycles. The standard InChI is InChI=1S/C17H24N2/c1-14(2)11-12-19(16-5-3-4-6-16)17-9-7-15(13-18)8-10-17/h7-10,14,16H,3-6,11-12H2,1-2H3. The van der Waals surface area contributed by atoms with E-state index < -0.39 is 0 Å². The zero-order valence-corrected chi connectivity index (χ0v) is 12.1. The molecule has 0 heterocycles. The van der Waals surface area contributed by atoms with Gasteiger partial charge < -0.3 is 4.90 Å². The Hall–Kier alpha value is -1.49. The van der Waals surface area contributed by atoms with Gasteiger partial charge in [-0.25, -0.2) is 0 Å². The summed E-state index contributed by atoms with van der Waals surface area (Å²) in [4.78, 5) is 2.56. The molecule has 2 rings (SSSR count). The van der Waals surface area contributed by atoms with Gasteiger partial charge in [-0.05, 0) is 49.4 Å². The molecule has 0 atom stereocenters. The first-order valence-electron chi connectivity index (χ1n) is 7.47. The third kappa shape index (κ3) is 3.73. The van der Waals surface area contributed by atoms with Crippen molar-refractivity contribution in [3.8, 4) is 6.07 Å². The van der Waals surface area contributed by atoms with Crippen LogP contribution in [0.4, 0.5) is 5.69 Å². The Labute approximate surface area is 117 Å². The fourth-order valence-electron chi connectivity index (χ4n) is 2.86. The predicted octanol–water partition coefficient (Wildman–Crippen LogP) is 4.35. The molecule has 1 fully saturated rings. The summed E-state index contributed by atoms with van der Waals surface area (Å²) < 4.78 is 0. The highest BCUT2D eigenvalue weighted by Gasteiger charge is 2.22. The average Bonchev–Trinajstić information content (AvgIpc) is 2.93. The molecule has 0 amide bonds. The summed E-state index contributed by atoms with van der Waals surface area (Å²) in [5.41, 5.74) is 2.03. The van der Waals surface area contributed by atoms with Crippen molar-refractivity contribution < 1.29 is 0 Å². The Balaban J connectivity index is 2.12. The van der Waals surface area contributed by atoms with Gasteiger partial charge in [-0.15, -0.1) is 0 Å². The van der Waals surface area contributed by atoms with Crippen LogP contribution >= 0.6 is 0 Å². The second kappa shape index (κ2) is 6.61. The summed E-state index contributed by atoms with van der Waals surface area (Å²) in [5, 5.41) is 8.89. The molecular weight excluding hydrogens is 232 g/mol. The first kappa shape index (κ1) is 13.9. The molecule has 1 aliphatic rings. The minimum atomic E-state index is 0.701. The fraction of sp³-hybridized carbons (Fsp3) is 0.588. The number of nitrogens with zero attached hydrogens (tertiary/aromatic N) is 2. The maximum Gasteiger partial charge on any atom is 0.0991 e. The zero-order chi connectivity index (χ0) is 13.7. The third-order valence-corrected chi connectivity index (χ3v) is 4.04. The van der Waals surface area contributed by atoms with Gasteiger partial charge >= 0.3 is 0 Å². The number of hydrogen-bond acceptors (Lipinski definition) is 2. The highest BCUT2D eigenvalue weighted by molar-refractivity contribution is 5.50. The van der Waals surface area contributed by atoms with Crippen molar-refractivity contribution in [2.24, 2.45) is 5.92 Å². The van der Waals surface area contributed by atoms with Crippen LogP contribution in [0.1, 0.15) is 51.5 Å². The first-order valence-corrected chi connectivity index (χ1v) is 7.47. The quantitative estimate of drug-likeness (QED) is 0.783. The van der Waals surface area contributed by atoms with Gasteiger partial charge in [0, 0.05) is 18.3 Å². The molecule has 0 aliphatic heterocycles. The van der Waals surface area contributed by atoms with E-state index in [1.165, 1.54) is 37.8 Å². The Kier molecular flexibility index (Phi) is 4.85. The van der Waals surface area contributed by atoms with Crippen LogP contribution in [0, 0.1) is 17.2 Å². The molecule has 0 spiro atoms. The van der Waals surface area contributed by atoms with E-state index >= 15 is 0 Å². The van der Waals surface area contributed by atoms with Crippen LogP contribution in [0.25, 0.3) is 0 Å². The molecule has 2 nitrogen and oxygen atoms in total. The molecule has 0 saturated heterocycles. The van der Waals surface area contributed by atoms with Crippen molar-refractivity contribution in [3.05, 3.63) is 29.8 Å². The fourth-order valence-corrected chi connectivity index (χ4v) is 2.86. The molecule has 0 bridgehead atoms. The molecule has 1 saturated carbocycles. The maximum atomic E-state index is 8.89. The normalized spacial score (nSPS) is 15.7. The van der Waals surface area contributed by atoms with E-state index in [9.17, 15) is 0 Å². The van der Waals surface area contributed by atoms with Gasteiger partial charge in [0.05, 0.1) is 11.6 Å². The first-order chi connectivity index (χ1) is 9.20. The van der Waals surface area contributed by atoms with Crippen LogP contribution in [0.3, 0.4) is 0 Å². The molecule has 102 valence electrons. The van der Waals surface area contributed by atoms with E-state index in [1.807, 2.05) is 12.1 Å². The summed E-state index contributed by atoms with van der Waals surface area (Å²) >= 11 is 0. The van der Waals surface area contributed by atoms with Crippen molar-refractivity contribution >= 4 is 5.69 Å². The van der Waals surface area contributed by atoms with Crippen LogP contribution in [-0.4, -0.2) is 12.6 Å². The van der Waals surface area contributed by atoms with E-state index in [1.54, 1.807) is 0 Å². The summed E-state index contributed by atoms with van der Waals surface area (Å²) in [6, 6.07) is 11.0. The lowest BCUT2D eigenvalue weighted by molar-refractivity contribution is 0.528. The van der Waals surface area contributed by atoms with Gasteiger partial charge in [-0.2, -0.15) is 5.26 Å². The summed E-state index contributed by atoms with van der Waals surface area (Å²) in [7, 11) is 0. The second-order valence-electron chi connectivity index (χ2n) is 5.97. The minimum Gasteiger partial charge on any atom is -0.369 e. The highest BCUT2D eigenvalue weighted by atomic mass is 15.2. The van der Waals surface area contributed by atoms with Crippen molar-refractivity contribution in [2.45, 2.75) is 52.0 Å². The number of anilines is 1. The SMILES string of the molecule is CC(C)CCN(c1ccc(C#N)cc1)C1CCCC1. The average molecular weight is 256 g/mol. The summed E-state index contributed by atoms with van der Waals surface area (Å²) in [6.07, 6.45) is 6.59.